The number of likely N-dealkylation sites (N-methyl/N-ethyl adjacent to an activating group) is 1. The highest BCUT2D eigenvalue weighted by Crippen LogP contribution is 2.35. The fraction of sp³-hybridized carbons (Fsp3) is 0.261. The molecule has 0 saturated heterocycles. The summed E-state index contributed by atoms with van der Waals surface area (Å²) in [6.45, 7) is 2.91. The molecule has 2 aromatic heterocycles. The van der Waals surface area contributed by atoms with Crippen LogP contribution in [0.2, 0.25) is 5.02 Å². The third-order valence-electron chi connectivity index (χ3n) is 5.04. The molecule has 32 heavy (non-hydrogen) atoms. The summed E-state index contributed by atoms with van der Waals surface area (Å²) in [5.41, 5.74) is 2.38. The molecule has 9 heteroatoms. The minimum atomic E-state index is -0.204. The zero-order chi connectivity index (χ0) is 22.8. The minimum Gasteiger partial charge on any atom is -0.360 e. The minimum absolute atomic E-state index is 0.204. The molecule has 0 bridgehead atoms. The summed E-state index contributed by atoms with van der Waals surface area (Å²) >= 11 is 9.59. The molecule has 166 valence electrons. The highest BCUT2D eigenvalue weighted by molar-refractivity contribution is 7.98. The molecule has 0 unspecified atom stereocenters. The van der Waals surface area contributed by atoms with E-state index in [4.69, 9.17) is 21.1 Å². The van der Waals surface area contributed by atoms with Crippen LogP contribution in [-0.4, -0.2) is 54.4 Å². The number of fused-ring (bicyclic) bond motifs is 1. The van der Waals surface area contributed by atoms with Crippen molar-refractivity contribution in [2.24, 2.45) is 0 Å². The highest BCUT2D eigenvalue weighted by atomic mass is 35.5. The predicted octanol–water partition coefficient (Wildman–Crippen LogP) is 5.84. The van der Waals surface area contributed by atoms with Gasteiger partial charge in [0, 0.05) is 23.5 Å². The number of amides is 1. The Balaban J connectivity index is 1.79. The molecule has 1 amide bonds. The van der Waals surface area contributed by atoms with Crippen LogP contribution in [0, 0.1) is 6.92 Å². The molecule has 2 aromatic carbocycles. The molecule has 0 aliphatic rings. The molecule has 2 heterocycles. The third kappa shape index (κ3) is 4.54. The van der Waals surface area contributed by atoms with Gasteiger partial charge in [-0.15, -0.1) is 11.8 Å². The maximum atomic E-state index is 13.9. The molecule has 6 nitrogen and oxygen atoms in total. The lowest BCUT2D eigenvalue weighted by Crippen LogP contribution is -2.37. The molecule has 4 aromatic rings. The molecule has 0 aliphatic heterocycles. The second-order valence-corrected chi connectivity index (χ2v) is 9.83. The molecule has 0 radical (unpaired) electrons. The van der Waals surface area contributed by atoms with Crippen LogP contribution in [0.25, 0.3) is 21.5 Å². The van der Waals surface area contributed by atoms with E-state index in [1.165, 1.54) is 11.3 Å². The Morgan fingerprint density at radius 1 is 1.19 bits per heavy atom. The summed E-state index contributed by atoms with van der Waals surface area (Å²) in [6, 6.07) is 13.5. The first kappa shape index (κ1) is 22.8. The molecular weight excluding hydrogens is 464 g/mol. The fourth-order valence-electron chi connectivity index (χ4n) is 3.32. The number of aromatic nitrogens is 2. The van der Waals surface area contributed by atoms with Gasteiger partial charge in [0.2, 0.25) is 0 Å². The maximum Gasteiger partial charge on any atom is 0.266 e. The Hall–Kier alpha value is -2.39. The number of rotatable bonds is 7. The lowest BCUT2D eigenvalue weighted by Gasteiger charge is -2.22. The van der Waals surface area contributed by atoms with Crippen molar-refractivity contribution in [2.75, 3.05) is 38.3 Å². The van der Waals surface area contributed by atoms with Gasteiger partial charge in [-0.2, -0.15) is 0 Å². The van der Waals surface area contributed by atoms with Crippen molar-refractivity contribution in [1.82, 2.24) is 15.0 Å². The Bertz CT molecular complexity index is 1270. The molecule has 0 aliphatic carbocycles. The number of benzene rings is 2. The first-order chi connectivity index (χ1) is 15.4. The van der Waals surface area contributed by atoms with Crippen molar-refractivity contribution in [3.8, 4) is 11.3 Å². The van der Waals surface area contributed by atoms with Crippen LogP contribution in [0.15, 0.2) is 51.9 Å². The zero-order valence-electron chi connectivity index (χ0n) is 18.3. The van der Waals surface area contributed by atoms with E-state index in [0.717, 1.165) is 15.1 Å². The normalized spacial score (nSPS) is 11.4. The van der Waals surface area contributed by atoms with Gasteiger partial charge >= 0.3 is 0 Å². The topological polar surface area (TPSA) is 62.5 Å². The van der Waals surface area contributed by atoms with Gasteiger partial charge < -0.3 is 9.42 Å². The molecule has 4 rings (SSSR count). The number of carbonyl (C=O) groups is 1. The van der Waals surface area contributed by atoms with Crippen LogP contribution >= 0.6 is 34.7 Å². The second-order valence-electron chi connectivity index (χ2n) is 7.53. The van der Waals surface area contributed by atoms with Crippen LogP contribution in [0.3, 0.4) is 0 Å². The number of aryl methyl sites for hydroxylation is 1. The van der Waals surface area contributed by atoms with Gasteiger partial charge in [-0.05, 0) is 51.5 Å². The van der Waals surface area contributed by atoms with E-state index in [-0.39, 0.29) is 5.91 Å². The van der Waals surface area contributed by atoms with Crippen LogP contribution in [0.1, 0.15) is 16.1 Å². The molecule has 0 N–H and O–H groups in total. The SMILES string of the molecule is CSc1ccc2nc(N(CCN(C)C)C(=O)c3c(-c4ccccc4Cl)noc3C)sc2c1. The van der Waals surface area contributed by atoms with E-state index >= 15 is 0 Å². The molecule has 0 spiro atoms. The van der Waals surface area contributed by atoms with Crippen LogP contribution in [0.5, 0.6) is 0 Å². The van der Waals surface area contributed by atoms with Crippen molar-refractivity contribution in [2.45, 2.75) is 11.8 Å². The van der Waals surface area contributed by atoms with E-state index < -0.39 is 0 Å². The van der Waals surface area contributed by atoms with Gasteiger partial charge in [0.1, 0.15) is 17.0 Å². The van der Waals surface area contributed by atoms with E-state index in [1.807, 2.05) is 55.6 Å². The molecule has 0 fully saturated rings. The van der Waals surface area contributed by atoms with Gasteiger partial charge in [-0.3, -0.25) is 9.69 Å². The number of nitrogens with zero attached hydrogens (tertiary/aromatic N) is 4. The summed E-state index contributed by atoms with van der Waals surface area (Å²) in [6.07, 6.45) is 2.04. The van der Waals surface area contributed by atoms with Crippen molar-refractivity contribution >= 4 is 56.0 Å². The monoisotopic (exact) mass is 486 g/mol. The van der Waals surface area contributed by atoms with E-state index in [2.05, 4.69) is 11.2 Å². The number of hydrogen-bond acceptors (Lipinski definition) is 7. The van der Waals surface area contributed by atoms with Crippen molar-refractivity contribution in [3.05, 3.63) is 58.8 Å². The number of thiazole rings is 1. The van der Waals surface area contributed by atoms with Crippen molar-refractivity contribution in [1.29, 1.82) is 0 Å². The summed E-state index contributed by atoms with van der Waals surface area (Å²) in [4.78, 5) is 23.5. The quantitative estimate of drug-likeness (QED) is 0.306. The summed E-state index contributed by atoms with van der Waals surface area (Å²) < 4.78 is 6.49. The Morgan fingerprint density at radius 3 is 2.69 bits per heavy atom. The lowest BCUT2D eigenvalue weighted by molar-refractivity contribution is 0.0984. The number of carbonyl (C=O) groups excluding carboxylic acids is 1. The van der Waals surface area contributed by atoms with Crippen molar-refractivity contribution < 1.29 is 9.32 Å². The van der Waals surface area contributed by atoms with Gasteiger partial charge in [0.05, 0.1) is 15.2 Å². The van der Waals surface area contributed by atoms with Gasteiger partial charge in [0.25, 0.3) is 5.91 Å². The number of anilines is 1. The van der Waals surface area contributed by atoms with E-state index in [1.54, 1.807) is 29.7 Å². The standard InChI is InChI=1S/C23H23ClN4O2S2/c1-14-20(21(26-30-14)16-7-5-6-8-17(16)24)22(29)28(12-11-27(2)3)23-25-18-10-9-15(31-4)13-19(18)32-23/h5-10,13H,11-12H2,1-4H3. The first-order valence-corrected chi connectivity index (χ1v) is 12.4. The van der Waals surface area contributed by atoms with E-state index in [9.17, 15) is 4.79 Å². The first-order valence-electron chi connectivity index (χ1n) is 10.0. The van der Waals surface area contributed by atoms with Crippen molar-refractivity contribution in [3.63, 3.8) is 0 Å². The average molecular weight is 487 g/mol. The fourth-order valence-corrected chi connectivity index (χ4v) is 5.08. The predicted molar refractivity (Wildman–Crippen MR) is 133 cm³/mol. The largest absolute Gasteiger partial charge is 0.360 e. The Labute approximate surface area is 200 Å². The summed E-state index contributed by atoms with van der Waals surface area (Å²) in [5.74, 6) is 0.246. The highest BCUT2D eigenvalue weighted by Gasteiger charge is 2.29. The molecule has 0 atom stereocenters. The van der Waals surface area contributed by atoms with Gasteiger partial charge in [-0.1, -0.05) is 46.3 Å². The number of halogens is 1. The average Bonchev–Trinajstić information content (AvgIpc) is 3.36. The van der Waals surface area contributed by atoms with E-state index in [0.29, 0.717) is 45.8 Å². The molecular formula is C23H23ClN4O2S2. The van der Waals surface area contributed by atoms with Crippen LogP contribution < -0.4 is 4.90 Å². The maximum absolute atomic E-state index is 13.9. The third-order valence-corrected chi connectivity index (χ3v) is 7.13. The summed E-state index contributed by atoms with van der Waals surface area (Å²) in [7, 11) is 3.96. The smallest absolute Gasteiger partial charge is 0.266 e. The van der Waals surface area contributed by atoms with Crippen LogP contribution in [0.4, 0.5) is 5.13 Å². The zero-order valence-corrected chi connectivity index (χ0v) is 20.6. The second kappa shape index (κ2) is 9.62. The van der Waals surface area contributed by atoms with Gasteiger partial charge in [0.15, 0.2) is 5.13 Å². The molecule has 0 saturated carbocycles. The van der Waals surface area contributed by atoms with Crippen LogP contribution in [-0.2, 0) is 0 Å². The van der Waals surface area contributed by atoms with Gasteiger partial charge in [-0.25, -0.2) is 4.98 Å². The Morgan fingerprint density at radius 2 is 1.97 bits per heavy atom. The summed E-state index contributed by atoms with van der Waals surface area (Å²) in [5, 5.41) is 5.33. The number of hydrogen-bond donors (Lipinski definition) is 0. The Kier molecular flexibility index (Phi) is 6.85. The number of thioether (sulfide) groups is 1. The lowest BCUT2D eigenvalue weighted by atomic mass is 10.1.